The summed E-state index contributed by atoms with van der Waals surface area (Å²) < 4.78 is 24.8. The van der Waals surface area contributed by atoms with E-state index in [2.05, 4.69) is 5.32 Å². The van der Waals surface area contributed by atoms with E-state index < -0.39 is 10.0 Å². The number of hydrogen-bond donors (Lipinski definition) is 2. The summed E-state index contributed by atoms with van der Waals surface area (Å²) in [4.78, 5) is 0. The van der Waals surface area contributed by atoms with Gasteiger partial charge in [0.25, 0.3) is 0 Å². The van der Waals surface area contributed by atoms with Crippen LogP contribution in [0.4, 0.5) is 0 Å². The van der Waals surface area contributed by atoms with Gasteiger partial charge in [-0.3, -0.25) is 0 Å². The monoisotopic (exact) mass is 304 g/mol. The van der Waals surface area contributed by atoms with Crippen LogP contribution < -0.4 is 5.32 Å². The van der Waals surface area contributed by atoms with Gasteiger partial charge in [-0.25, -0.2) is 12.7 Å². The van der Waals surface area contributed by atoms with Crippen LogP contribution in [0.5, 0.6) is 0 Å². The number of hydrogen-bond acceptors (Lipinski definition) is 4. The molecule has 0 aromatic carbocycles. The zero-order valence-corrected chi connectivity index (χ0v) is 13.3. The molecule has 0 spiro atoms. The highest BCUT2D eigenvalue weighted by atomic mass is 32.2. The van der Waals surface area contributed by atoms with Gasteiger partial charge in [0, 0.05) is 31.7 Å². The fraction of sp³-hybridized carbons (Fsp3) is 1.00. The summed E-state index contributed by atoms with van der Waals surface area (Å²) >= 11 is 0. The van der Waals surface area contributed by atoms with E-state index in [1.807, 2.05) is 0 Å². The fourth-order valence-electron chi connectivity index (χ4n) is 3.55. The molecule has 1 aliphatic heterocycles. The second-order valence-electron chi connectivity index (χ2n) is 6.63. The predicted octanol–water partition coefficient (Wildman–Crippen LogP) is 0.800. The lowest BCUT2D eigenvalue weighted by Crippen LogP contribution is -2.44. The molecule has 20 heavy (non-hydrogen) atoms. The van der Waals surface area contributed by atoms with Gasteiger partial charge in [0.15, 0.2) is 0 Å². The number of nitrogens with zero attached hydrogens (tertiary/aromatic N) is 1. The Balaban J connectivity index is 1.76. The summed E-state index contributed by atoms with van der Waals surface area (Å²) in [5.74, 6) is 0.399. The highest BCUT2D eigenvalue weighted by Gasteiger charge is 2.33. The number of sulfonamides is 1. The largest absolute Gasteiger partial charge is 0.396 e. The first kappa shape index (κ1) is 16.2. The topological polar surface area (TPSA) is 69.6 Å². The third-order valence-electron chi connectivity index (χ3n) is 4.88. The summed E-state index contributed by atoms with van der Waals surface area (Å²) in [6.45, 7) is 3.28. The average Bonchev–Trinajstić information content (AvgIpc) is 2.88. The third kappa shape index (κ3) is 4.16. The third-order valence-corrected chi connectivity index (χ3v) is 6.15. The molecular weight excluding hydrogens is 276 g/mol. The lowest BCUT2D eigenvalue weighted by molar-refractivity contribution is 0.125. The minimum atomic E-state index is -3.05. The molecule has 1 heterocycles. The first-order valence-corrected chi connectivity index (χ1v) is 9.57. The van der Waals surface area contributed by atoms with Crippen molar-refractivity contribution in [2.45, 2.75) is 38.5 Å². The van der Waals surface area contributed by atoms with Crippen molar-refractivity contribution in [2.24, 2.45) is 11.3 Å². The molecule has 5 nitrogen and oxygen atoms in total. The highest BCUT2D eigenvalue weighted by molar-refractivity contribution is 7.88. The van der Waals surface area contributed by atoms with Gasteiger partial charge in [-0.15, -0.1) is 0 Å². The molecule has 2 fully saturated rings. The Kier molecular flexibility index (Phi) is 5.45. The smallest absolute Gasteiger partial charge is 0.211 e. The Hall–Kier alpha value is -0.170. The maximum Gasteiger partial charge on any atom is 0.211 e. The molecule has 1 aliphatic carbocycles. The highest BCUT2D eigenvalue weighted by Crippen LogP contribution is 2.36. The van der Waals surface area contributed by atoms with Gasteiger partial charge in [-0.1, -0.05) is 12.8 Å². The van der Waals surface area contributed by atoms with Gasteiger partial charge in [-0.2, -0.15) is 0 Å². The molecule has 0 aromatic heterocycles. The van der Waals surface area contributed by atoms with Crippen molar-refractivity contribution in [3.63, 3.8) is 0 Å². The van der Waals surface area contributed by atoms with Crippen LogP contribution in [-0.4, -0.2) is 56.9 Å². The predicted molar refractivity (Wildman–Crippen MR) is 80.0 cm³/mol. The van der Waals surface area contributed by atoms with Crippen LogP contribution in [0.1, 0.15) is 38.5 Å². The van der Waals surface area contributed by atoms with E-state index in [-0.39, 0.29) is 12.0 Å². The molecule has 0 amide bonds. The first-order chi connectivity index (χ1) is 9.45. The van der Waals surface area contributed by atoms with E-state index in [4.69, 9.17) is 0 Å². The van der Waals surface area contributed by atoms with Crippen molar-refractivity contribution in [1.82, 2.24) is 9.62 Å². The van der Waals surface area contributed by atoms with Gasteiger partial charge in [0.05, 0.1) is 6.26 Å². The fourth-order valence-corrected chi connectivity index (χ4v) is 4.49. The summed E-state index contributed by atoms with van der Waals surface area (Å²) in [5.41, 5.74) is 0.0746. The zero-order valence-electron chi connectivity index (χ0n) is 12.5. The van der Waals surface area contributed by atoms with Gasteiger partial charge in [-0.05, 0) is 38.1 Å². The quantitative estimate of drug-likeness (QED) is 0.761. The molecule has 1 saturated heterocycles. The molecule has 0 radical (unpaired) electrons. The Labute approximate surface area is 122 Å². The molecule has 0 bridgehead atoms. The van der Waals surface area contributed by atoms with Gasteiger partial charge < -0.3 is 10.4 Å². The van der Waals surface area contributed by atoms with Crippen LogP contribution in [-0.2, 0) is 10.0 Å². The van der Waals surface area contributed by atoms with Crippen LogP contribution >= 0.6 is 0 Å². The molecule has 2 rings (SSSR count). The number of aliphatic hydroxyl groups is 1. The number of aliphatic hydroxyl groups excluding tert-OH is 1. The molecular formula is C14H28N2O3S. The number of nitrogens with one attached hydrogen (secondary N) is 1. The van der Waals surface area contributed by atoms with E-state index in [0.717, 1.165) is 38.8 Å². The standard InChI is InChI=1S/C14H28N2O3S/c1-20(18,19)16-8-4-5-13(10-16)9-15-11-14(12-17)6-2-3-7-14/h13,15,17H,2-12H2,1H3. The maximum atomic E-state index is 11.6. The van der Waals surface area contributed by atoms with E-state index in [1.54, 1.807) is 4.31 Å². The van der Waals surface area contributed by atoms with Crippen molar-refractivity contribution in [2.75, 3.05) is 39.0 Å². The molecule has 1 saturated carbocycles. The average molecular weight is 304 g/mol. The SMILES string of the molecule is CS(=O)(=O)N1CCCC(CNCC2(CO)CCCC2)C1. The van der Waals surface area contributed by atoms with Gasteiger partial charge in [0.2, 0.25) is 10.0 Å². The molecule has 118 valence electrons. The van der Waals surface area contributed by atoms with E-state index in [9.17, 15) is 13.5 Å². The van der Waals surface area contributed by atoms with Crippen LogP contribution in [0.3, 0.4) is 0 Å². The van der Waals surface area contributed by atoms with Crippen molar-refractivity contribution >= 4 is 10.0 Å². The summed E-state index contributed by atoms with van der Waals surface area (Å²) in [7, 11) is -3.05. The summed E-state index contributed by atoms with van der Waals surface area (Å²) in [6.07, 6.45) is 7.98. The van der Waals surface area contributed by atoms with Crippen molar-refractivity contribution in [3.8, 4) is 0 Å². The van der Waals surface area contributed by atoms with Gasteiger partial charge in [0.1, 0.15) is 0 Å². The molecule has 6 heteroatoms. The molecule has 1 atom stereocenters. The zero-order chi connectivity index (χ0) is 14.6. The van der Waals surface area contributed by atoms with E-state index in [0.29, 0.717) is 19.0 Å². The molecule has 2 aliphatic rings. The summed E-state index contributed by atoms with van der Waals surface area (Å²) in [5, 5.41) is 13.1. The Morgan fingerprint density at radius 3 is 2.60 bits per heavy atom. The van der Waals surface area contributed by atoms with E-state index in [1.165, 1.54) is 19.1 Å². The van der Waals surface area contributed by atoms with Crippen molar-refractivity contribution < 1.29 is 13.5 Å². The maximum absolute atomic E-state index is 11.6. The van der Waals surface area contributed by atoms with Crippen LogP contribution in [0.2, 0.25) is 0 Å². The Morgan fingerprint density at radius 1 is 1.30 bits per heavy atom. The lowest BCUT2D eigenvalue weighted by atomic mass is 9.87. The van der Waals surface area contributed by atoms with Gasteiger partial charge >= 0.3 is 0 Å². The van der Waals surface area contributed by atoms with Crippen LogP contribution in [0, 0.1) is 11.3 Å². The molecule has 1 unspecified atom stereocenters. The minimum absolute atomic E-state index is 0.0746. The van der Waals surface area contributed by atoms with Crippen molar-refractivity contribution in [3.05, 3.63) is 0 Å². The normalized spacial score (nSPS) is 27.8. The molecule has 2 N–H and O–H groups in total. The van der Waals surface area contributed by atoms with Crippen LogP contribution in [0.25, 0.3) is 0 Å². The van der Waals surface area contributed by atoms with Crippen LogP contribution in [0.15, 0.2) is 0 Å². The number of piperidine rings is 1. The van der Waals surface area contributed by atoms with E-state index >= 15 is 0 Å². The Morgan fingerprint density at radius 2 is 2.00 bits per heavy atom. The lowest BCUT2D eigenvalue weighted by Gasteiger charge is -2.32. The molecule has 0 aromatic rings. The summed E-state index contributed by atoms with van der Waals surface area (Å²) in [6, 6.07) is 0. The second-order valence-corrected chi connectivity index (χ2v) is 8.61. The Bertz CT molecular complexity index is 405. The first-order valence-electron chi connectivity index (χ1n) is 7.72. The minimum Gasteiger partial charge on any atom is -0.396 e. The second kappa shape index (κ2) is 6.73. The van der Waals surface area contributed by atoms with Crippen molar-refractivity contribution in [1.29, 1.82) is 0 Å². The number of rotatable bonds is 6.